The fourth-order valence-corrected chi connectivity index (χ4v) is 4.32. The highest BCUT2D eigenvalue weighted by atomic mass is 79.9. The van der Waals surface area contributed by atoms with Gasteiger partial charge in [0.05, 0.1) is 11.6 Å². The lowest BCUT2D eigenvalue weighted by Crippen LogP contribution is -2.44. The summed E-state index contributed by atoms with van der Waals surface area (Å²) in [6.45, 7) is 4.12. The van der Waals surface area contributed by atoms with E-state index < -0.39 is 0 Å². The molecule has 1 spiro atoms. The molecule has 0 aliphatic carbocycles. The molecule has 4 nitrogen and oxygen atoms in total. The first-order chi connectivity index (χ1) is 11.1. The zero-order valence-corrected chi connectivity index (χ0v) is 15.3. The van der Waals surface area contributed by atoms with Crippen LogP contribution in [0.25, 0.3) is 0 Å². The third kappa shape index (κ3) is 3.89. The molecule has 0 saturated carbocycles. The number of amides is 1. The molecular weight excluding hydrogens is 356 g/mol. The molecule has 3 rings (SSSR count). The number of nitrogens with zero attached hydrogens (tertiary/aromatic N) is 1. The van der Waals surface area contributed by atoms with Crippen molar-refractivity contribution in [3.8, 4) is 5.75 Å². The van der Waals surface area contributed by atoms with Gasteiger partial charge in [-0.15, -0.1) is 0 Å². The fraction of sp³-hybridized carbons (Fsp3) is 0.611. The van der Waals surface area contributed by atoms with Gasteiger partial charge in [0, 0.05) is 26.1 Å². The van der Waals surface area contributed by atoms with Crippen LogP contribution in [0.15, 0.2) is 22.7 Å². The van der Waals surface area contributed by atoms with E-state index in [2.05, 4.69) is 26.1 Å². The number of benzene rings is 1. The zero-order valence-electron chi connectivity index (χ0n) is 13.7. The van der Waals surface area contributed by atoms with E-state index in [1.165, 1.54) is 12.0 Å². The highest BCUT2D eigenvalue weighted by Crippen LogP contribution is 2.37. The highest BCUT2D eigenvalue weighted by Gasteiger charge is 2.37. The largest absolute Gasteiger partial charge is 0.496 e. The number of nitrogens with one attached hydrogen (secondary N) is 1. The highest BCUT2D eigenvalue weighted by molar-refractivity contribution is 9.10. The van der Waals surface area contributed by atoms with Crippen LogP contribution in [0.4, 0.5) is 0 Å². The Labute approximate surface area is 146 Å². The van der Waals surface area contributed by atoms with Gasteiger partial charge in [-0.1, -0.05) is 6.07 Å². The standard InChI is InChI=1S/C18H25BrN2O2/c1-23-16-4-2-14(12-15(16)19)3-5-17(22)21-10-7-18(8-11-21)6-9-20-13-18/h2,4,12,20H,3,5-11,13H2,1H3. The Hall–Kier alpha value is -1.07. The van der Waals surface area contributed by atoms with Gasteiger partial charge in [0.2, 0.25) is 5.91 Å². The van der Waals surface area contributed by atoms with Crippen molar-refractivity contribution in [1.82, 2.24) is 10.2 Å². The van der Waals surface area contributed by atoms with Crippen molar-refractivity contribution in [3.63, 3.8) is 0 Å². The van der Waals surface area contributed by atoms with Crippen LogP contribution in [-0.4, -0.2) is 44.1 Å². The Bertz CT molecular complexity index is 560. The van der Waals surface area contributed by atoms with Crippen molar-refractivity contribution in [2.24, 2.45) is 5.41 Å². The maximum absolute atomic E-state index is 12.5. The Morgan fingerprint density at radius 3 is 2.74 bits per heavy atom. The van der Waals surface area contributed by atoms with Crippen LogP contribution in [0.5, 0.6) is 5.75 Å². The first kappa shape index (κ1) is 16.8. The van der Waals surface area contributed by atoms with E-state index in [9.17, 15) is 4.79 Å². The normalized spacial score (nSPS) is 20.0. The minimum Gasteiger partial charge on any atom is -0.496 e. The average Bonchev–Trinajstić information content (AvgIpc) is 3.01. The topological polar surface area (TPSA) is 41.6 Å². The molecule has 1 amide bonds. The molecule has 2 aliphatic heterocycles. The van der Waals surface area contributed by atoms with E-state index in [1.54, 1.807) is 7.11 Å². The molecule has 1 aromatic carbocycles. The SMILES string of the molecule is COc1ccc(CCC(=O)N2CCC3(CCNC3)CC2)cc1Br. The maximum Gasteiger partial charge on any atom is 0.222 e. The lowest BCUT2D eigenvalue weighted by molar-refractivity contribution is -0.133. The summed E-state index contributed by atoms with van der Waals surface area (Å²) >= 11 is 3.50. The third-order valence-electron chi connectivity index (χ3n) is 5.35. The van der Waals surface area contributed by atoms with Gasteiger partial charge in [0.1, 0.15) is 5.75 Å². The zero-order chi connectivity index (χ0) is 16.3. The van der Waals surface area contributed by atoms with Crippen LogP contribution in [0.1, 0.15) is 31.2 Å². The Morgan fingerprint density at radius 1 is 1.35 bits per heavy atom. The van der Waals surface area contributed by atoms with Gasteiger partial charge in [-0.25, -0.2) is 0 Å². The summed E-state index contributed by atoms with van der Waals surface area (Å²) in [6, 6.07) is 6.02. The summed E-state index contributed by atoms with van der Waals surface area (Å²) in [5, 5.41) is 3.47. The van der Waals surface area contributed by atoms with E-state index in [4.69, 9.17) is 4.74 Å². The predicted octanol–water partition coefficient (Wildman–Crippen LogP) is 2.99. The number of likely N-dealkylation sites (tertiary alicyclic amines) is 1. The number of hydrogen-bond donors (Lipinski definition) is 1. The summed E-state index contributed by atoms with van der Waals surface area (Å²) in [4.78, 5) is 14.5. The fourth-order valence-electron chi connectivity index (χ4n) is 3.73. The van der Waals surface area contributed by atoms with E-state index in [1.807, 2.05) is 18.2 Å². The number of carbonyl (C=O) groups excluding carboxylic acids is 1. The second-order valence-electron chi connectivity index (χ2n) is 6.78. The number of ether oxygens (including phenoxy) is 1. The summed E-state index contributed by atoms with van der Waals surface area (Å²) in [5.41, 5.74) is 1.64. The molecule has 5 heteroatoms. The van der Waals surface area contributed by atoms with Gasteiger partial charge in [-0.2, -0.15) is 0 Å². The van der Waals surface area contributed by atoms with Crippen LogP contribution in [0.2, 0.25) is 0 Å². The average molecular weight is 381 g/mol. The van der Waals surface area contributed by atoms with E-state index in [0.29, 0.717) is 11.8 Å². The molecule has 2 saturated heterocycles. The van der Waals surface area contributed by atoms with Gasteiger partial charge in [0.15, 0.2) is 0 Å². The summed E-state index contributed by atoms with van der Waals surface area (Å²) in [6.07, 6.45) is 4.95. The third-order valence-corrected chi connectivity index (χ3v) is 5.97. The molecule has 1 N–H and O–H groups in total. The molecule has 0 radical (unpaired) electrons. The molecule has 2 heterocycles. The molecule has 1 aromatic rings. The summed E-state index contributed by atoms with van der Waals surface area (Å²) < 4.78 is 6.18. The van der Waals surface area contributed by atoms with E-state index in [0.717, 1.165) is 55.7 Å². The van der Waals surface area contributed by atoms with Crippen molar-refractivity contribution in [2.45, 2.75) is 32.1 Å². The van der Waals surface area contributed by atoms with Crippen LogP contribution in [0.3, 0.4) is 0 Å². The minimum absolute atomic E-state index is 0.290. The monoisotopic (exact) mass is 380 g/mol. The smallest absolute Gasteiger partial charge is 0.222 e. The van der Waals surface area contributed by atoms with Crippen LogP contribution < -0.4 is 10.1 Å². The number of halogens is 1. The number of rotatable bonds is 4. The van der Waals surface area contributed by atoms with Gasteiger partial charge < -0.3 is 15.0 Å². The molecule has 126 valence electrons. The Morgan fingerprint density at radius 2 is 2.13 bits per heavy atom. The van der Waals surface area contributed by atoms with Crippen molar-refractivity contribution in [1.29, 1.82) is 0 Å². The number of piperidine rings is 1. The van der Waals surface area contributed by atoms with Gasteiger partial charge in [-0.3, -0.25) is 4.79 Å². The van der Waals surface area contributed by atoms with Crippen LogP contribution in [-0.2, 0) is 11.2 Å². The molecular formula is C18H25BrN2O2. The van der Waals surface area contributed by atoms with Gasteiger partial charge >= 0.3 is 0 Å². The van der Waals surface area contributed by atoms with Gasteiger partial charge in [-0.05, 0) is 71.3 Å². The second kappa shape index (κ2) is 7.22. The molecule has 2 fully saturated rings. The lowest BCUT2D eigenvalue weighted by atomic mass is 9.78. The molecule has 2 aliphatic rings. The summed E-state index contributed by atoms with van der Waals surface area (Å²) in [7, 11) is 1.66. The van der Waals surface area contributed by atoms with E-state index in [-0.39, 0.29) is 5.91 Å². The maximum atomic E-state index is 12.5. The molecule has 0 unspecified atom stereocenters. The number of aryl methyl sites for hydroxylation is 1. The lowest BCUT2D eigenvalue weighted by Gasteiger charge is -2.39. The van der Waals surface area contributed by atoms with Crippen LogP contribution >= 0.6 is 15.9 Å². The molecule has 0 aromatic heterocycles. The molecule has 0 bridgehead atoms. The van der Waals surface area contributed by atoms with Crippen molar-refractivity contribution in [3.05, 3.63) is 28.2 Å². The number of carbonyl (C=O) groups is 1. The van der Waals surface area contributed by atoms with Crippen molar-refractivity contribution in [2.75, 3.05) is 33.3 Å². The Kier molecular flexibility index (Phi) is 5.27. The second-order valence-corrected chi connectivity index (χ2v) is 7.63. The molecule has 23 heavy (non-hydrogen) atoms. The van der Waals surface area contributed by atoms with Crippen LogP contribution in [0, 0.1) is 5.41 Å². The first-order valence-corrected chi connectivity index (χ1v) is 9.22. The van der Waals surface area contributed by atoms with Crippen molar-refractivity contribution < 1.29 is 9.53 Å². The minimum atomic E-state index is 0.290. The first-order valence-electron chi connectivity index (χ1n) is 8.43. The van der Waals surface area contributed by atoms with E-state index >= 15 is 0 Å². The van der Waals surface area contributed by atoms with Gasteiger partial charge in [0.25, 0.3) is 0 Å². The summed E-state index contributed by atoms with van der Waals surface area (Å²) in [5.74, 6) is 1.12. The quantitative estimate of drug-likeness (QED) is 0.872. The molecule has 0 atom stereocenters. The van der Waals surface area contributed by atoms with Crippen molar-refractivity contribution >= 4 is 21.8 Å². The number of methoxy groups -OCH3 is 1. The predicted molar refractivity (Wildman–Crippen MR) is 94.7 cm³/mol. The number of hydrogen-bond acceptors (Lipinski definition) is 3. The Balaban J connectivity index is 1.49.